The molecule has 7 heteroatoms. The number of unbranched alkanes of at least 4 members (excludes halogenated alkanes) is 3. The molecule has 1 aliphatic rings. The minimum Gasteiger partial charge on any atom is -0.497 e. The first kappa shape index (κ1) is 31.3. The minimum absolute atomic E-state index is 0.152. The third-order valence-corrected chi connectivity index (χ3v) is 6.77. The Hall–Kier alpha value is -2.90. The lowest BCUT2D eigenvalue weighted by Gasteiger charge is -2.23. The predicted octanol–water partition coefficient (Wildman–Crippen LogP) is 5.39. The Morgan fingerprint density at radius 2 is 1.68 bits per heavy atom. The largest absolute Gasteiger partial charge is 0.497 e. The Bertz CT molecular complexity index is 944. The van der Waals surface area contributed by atoms with Crippen molar-refractivity contribution in [1.29, 1.82) is 0 Å². The molecule has 7 nitrogen and oxygen atoms in total. The molecule has 0 spiro atoms. The van der Waals surface area contributed by atoms with Gasteiger partial charge < -0.3 is 29.6 Å². The van der Waals surface area contributed by atoms with E-state index in [9.17, 15) is 9.59 Å². The van der Waals surface area contributed by atoms with Crippen molar-refractivity contribution in [3.63, 3.8) is 0 Å². The molecule has 0 amide bonds. The van der Waals surface area contributed by atoms with Crippen molar-refractivity contribution in [2.24, 2.45) is 0 Å². The number of rotatable bonds is 16. The average molecular weight is 527 g/mol. The van der Waals surface area contributed by atoms with E-state index in [1.807, 2.05) is 13.1 Å². The van der Waals surface area contributed by atoms with Crippen molar-refractivity contribution in [3.8, 4) is 17.2 Å². The smallest absolute Gasteiger partial charge is 0.162 e. The highest BCUT2D eigenvalue weighted by Gasteiger charge is 2.15. The number of ketones is 1. The number of aldehydes is 1. The summed E-state index contributed by atoms with van der Waals surface area (Å²) in [6.07, 6.45) is 8.06. The number of nitrogens with one attached hydrogen (secondary N) is 2. The van der Waals surface area contributed by atoms with Gasteiger partial charge in [-0.1, -0.05) is 26.3 Å². The van der Waals surface area contributed by atoms with E-state index >= 15 is 0 Å². The van der Waals surface area contributed by atoms with Gasteiger partial charge in [0.25, 0.3) is 0 Å². The molecule has 0 fully saturated rings. The molecule has 2 aromatic carbocycles. The van der Waals surface area contributed by atoms with Crippen LogP contribution < -0.4 is 24.8 Å². The van der Waals surface area contributed by atoms with Crippen LogP contribution in [0.5, 0.6) is 17.2 Å². The Labute approximate surface area is 228 Å². The van der Waals surface area contributed by atoms with Gasteiger partial charge in [-0.05, 0) is 81.1 Å². The first-order valence-electron chi connectivity index (χ1n) is 13.9. The molecule has 1 heterocycles. The average Bonchev–Trinajstić information content (AvgIpc) is 2.97. The van der Waals surface area contributed by atoms with Gasteiger partial charge in [0.2, 0.25) is 0 Å². The van der Waals surface area contributed by atoms with Crippen molar-refractivity contribution in [2.75, 3.05) is 33.9 Å². The molecule has 2 aromatic rings. The highest BCUT2D eigenvalue weighted by molar-refractivity contribution is 5.96. The second-order valence-electron chi connectivity index (χ2n) is 9.51. The topological polar surface area (TPSA) is 85.9 Å². The molecule has 1 atom stereocenters. The van der Waals surface area contributed by atoms with Gasteiger partial charge in [0.05, 0.1) is 7.11 Å². The molecule has 0 bridgehead atoms. The third-order valence-electron chi connectivity index (χ3n) is 6.77. The molecule has 3 rings (SSSR count). The molecular weight excluding hydrogens is 480 g/mol. The predicted molar refractivity (Wildman–Crippen MR) is 153 cm³/mol. The van der Waals surface area contributed by atoms with Crippen LogP contribution in [0.15, 0.2) is 42.5 Å². The molecule has 0 saturated carbocycles. The number of Topliss-reactive ketones (excluding diaryl/α,β-unsaturated/α-hetero) is 1. The Morgan fingerprint density at radius 3 is 2.32 bits per heavy atom. The van der Waals surface area contributed by atoms with Crippen LogP contribution in [-0.2, 0) is 11.2 Å². The van der Waals surface area contributed by atoms with Gasteiger partial charge in [0.1, 0.15) is 25.2 Å². The van der Waals surface area contributed by atoms with Crippen LogP contribution in [0.4, 0.5) is 0 Å². The van der Waals surface area contributed by atoms with Crippen LogP contribution in [0.2, 0.25) is 0 Å². The van der Waals surface area contributed by atoms with Crippen molar-refractivity contribution in [1.82, 2.24) is 10.6 Å². The summed E-state index contributed by atoms with van der Waals surface area (Å²) >= 11 is 0. The normalized spacial score (nSPS) is 12.9. The second kappa shape index (κ2) is 18.4. The second-order valence-corrected chi connectivity index (χ2v) is 9.51. The van der Waals surface area contributed by atoms with Crippen molar-refractivity contribution in [2.45, 2.75) is 77.3 Å². The highest BCUT2D eigenvalue weighted by atomic mass is 16.6. The Morgan fingerprint density at radius 1 is 0.974 bits per heavy atom. The summed E-state index contributed by atoms with van der Waals surface area (Å²) in [5, 5.41) is 7.03. The Kier molecular flexibility index (Phi) is 15.1. The lowest BCUT2D eigenvalue weighted by atomic mass is 10.0. The van der Waals surface area contributed by atoms with Gasteiger partial charge in [0.15, 0.2) is 17.3 Å². The summed E-state index contributed by atoms with van der Waals surface area (Å²) in [5.41, 5.74) is 2.01. The minimum atomic E-state index is 0.152. The third kappa shape index (κ3) is 11.2. The number of methoxy groups -OCH3 is 1. The quantitative estimate of drug-likeness (QED) is 0.172. The number of benzene rings is 2. The van der Waals surface area contributed by atoms with Crippen LogP contribution in [0.1, 0.15) is 74.7 Å². The Balaban J connectivity index is 0.000000273. The molecule has 0 aliphatic carbocycles. The van der Waals surface area contributed by atoms with E-state index in [4.69, 9.17) is 14.2 Å². The maximum atomic E-state index is 11.8. The molecule has 0 saturated heterocycles. The molecule has 0 radical (unpaired) electrons. The fraction of sp³-hybridized carbons (Fsp3) is 0.548. The summed E-state index contributed by atoms with van der Waals surface area (Å²) < 4.78 is 16.2. The lowest BCUT2D eigenvalue weighted by Crippen LogP contribution is -2.42. The first-order chi connectivity index (χ1) is 18.5. The molecular formula is C31H46N2O5. The number of hydrogen-bond acceptors (Lipinski definition) is 7. The molecule has 0 aromatic heterocycles. The molecule has 1 aliphatic heterocycles. The zero-order valence-corrected chi connectivity index (χ0v) is 23.6. The summed E-state index contributed by atoms with van der Waals surface area (Å²) in [6, 6.07) is 14.4. The van der Waals surface area contributed by atoms with Crippen LogP contribution in [0.25, 0.3) is 0 Å². The van der Waals surface area contributed by atoms with Crippen molar-refractivity contribution in [3.05, 3.63) is 53.6 Å². The monoisotopic (exact) mass is 526 g/mol. The van der Waals surface area contributed by atoms with E-state index in [0.29, 0.717) is 38.1 Å². The van der Waals surface area contributed by atoms with Crippen LogP contribution in [0, 0.1) is 0 Å². The maximum absolute atomic E-state index is 11.8. The molecule has 1 unspecified atom stereocenters. The fourth-order valence-electron chi connectivity index (χ4n) is 4.27. The first-order valence-corrected chi connectivity index (χ1v) is 13.9. The van der Waals surface area contributed by atoms with E-state index in [1.165, 1.54) is 18.4 Å². The maximum Gasteiger partial charge on any atom is 0.162 e. The number of carbonyl (C=O) groups excluding carboxylic acids is 2. The van der Waals surface area contributed by atoms with Gasteiger partial charge in [-0.3, -0.25) is 4.79 Å². The van der Waals surface area contributed by atoms with Crippen molar-refractivity contribution < 1.29 is 23.8 Å². The zero-order valence-electron chi connectivity index (χ0n) is 23.6. The molecule has 38 heavy (non-hydrogen) atoms. The van der Waals surface area contributed by atoms with Gasteiger partial charge in [0, 0.05) is 37.0 Å². The summed E-state index contributed by atoms with van der Waals surface area (Å²) in [6.45, 7) is 6.73. The fourth-order valence-corrected chi connectivity index (χ4v) is 4.27. The van der Waals surface area contributed by atoms with Crippen molar-refractivity contribution >= 4 is 12.1 Å². The zero-order chi connectivity index (χ0) is 27.6. The van der Waals surface area contributed by atoms with Gasteiger partial charge >= 0.3 is 0 Å². The molecule has 2 N–H and O–H groups in total. The van der Waals surface area contributed by atoms with Gasteiger partial charge in [-0.25, -0.2) is 0 Å². The van der Waals surface area contributed by atoms with E-state index in [2.05, 4.69) is 36.6 Å². The number of carbonyl (C=O) groups is 2. The number of likely N-dealkylation sites (N-methyl/N-ethyl adjacent to an activating group) is 1. The van der Waals surface area contributed by atoms with Crippen LogP contribution in [0.3, 0.4) is 0 Å². The van der Waals surface area contributed by atoms with Gasteiger partial charge in [-0.2, -0.15) is 0 Å². The van der Waals surface area contributed by atoms with E-state index in [1.54, 1.807) is 31.4 Å². The highest BCUT2D eigenvalue weighted by Crippen LogP contribution is 2.31. The SMILES string of the molecule is CCC(CC)NCC(Cc1ccc2c(c1)OCCO2)NC.COc1ccc(C(=O)CCCCCC=O)cc1. The number of hydrogen-bond donors (Lipinski definition) is 2. The summed E-state index contributed by atoms with van der Waals surface area (Å²) in [7, 11) is 3.63. The van der Waals surface area contributed by atoms with Crippen LogP contribution >= 0.6 is 0 Å². The van der Waals surface area contributed by atoms with Crippen LogP contribution in [-0.4, -0.2) is 58.1 Å². The molecule has 210 valence electrons. The van der Waals surface area contributed by atoms with E-state index in [-0.39, 0.29) is 5.78 Å². The lowest BCUT2D eigenvalue weighted by molar-refractivity contribution is -0.107. The number of ether oxygens (including phenoxy) is 3. The summed E-state index contributed by atoms with van der Waals surface area (Å²) in [5.74, 6) is 2.65. The van der Waals surface area contributed by atoms with E-state index < -0.39 is 0 Å². The van der Waals surface area contributed by atoms with E-state index in [0.717, 1.165) is 61.3 Å². The summed E-state index contributed by atoms with van der Waals surface area (Å²) in [4.78, 5) is 21.9. The van der Waals surface area contributed by atoms with Gasteiger partial charge in [-0.15, -0.1) is 0 Å². The number of fused-ring (bicyclic) bond motifs is 1. The standard InChI is InChI=1S/C17H28N2O2.C14H18O3/c1-4-14(5-2)19-12-15(18-3)10-13-6-7-16-17(11-13)21-9-8-20-16;1-17-13-9-7-12(8-10-13)14(16)6-4-2-3-5-11-15/h6-7,11,14-15,18-19H,4-5,8-10,12H2,1-3H3;7-11H,2-6H2,1H3.